The van der Waals surface area contributed by atoms with Crippen molar-refractivity contribution in [2.45, 2.75) is 12.8 Å². The van der Waals surface area contributed by atoms with Crippen molar-refractivity contribution in [3.8, 4) is 5.75 Å². The minimum absolute atomic E-state index is 0.0111. The third kappa shape index (κ3) is 2.64. The van der Waals surface area contributed by atoms with E-state index in [0.717, 1.165) is 24.1 Å². The first-order chi connectivity index (χ1) is 8.76. The fourth-order valence-electron chi connectivity index (χ4n) is 2.12. The van der Waals surface area contributed by atoms with Crippen LogP contribution in [-0.4, -0.2) is 31.2 Å². The molecule has 0 spiro atoms. The maximum absolute atomic E-state index is 11.7. The average molecular weight is 268 g/mol. The van der Waals surface area contributed by atoms with Crippen molar-refractivity contribution in [1.82, 2.24) is 0 Å². The van der Waals surface area contributed by atoms with Crippen LogP contribution in [0.5, 0.6) is 5.75 Å². The Labute approximate surface area is 110 Å². The van der Waals surface area contributed by atoms with Crippen LogP contribution in [0.25, 0.3) is 0 Å². The zero-order valence-corrected chi connectivity index (χ0v) is 10.7. The van der Waals surface area contributed by atoms with E-state index in [2.05, 4.69) is 0 Å². The second kappa shape index (κ2) is 5.87. The summed E-state index contributed by atoms with van der Waals surface area (Å²) >= 11 is 5.60. The van der Waals surface area contributed by atoms with Gasteiger partial charge in [-0.3, -0.25) is 9.59 Å². The monoisotopic (exact) mass is 267 g/mol. The van der Waals surface area contributed by atoms with Crippen LogP contribution in [0.2, 0.25) is 0 Å². The number of hydrogen-bond acceptors (Lipinski definition) is 3. The number of aryl methyl sites for hydroxylation is 1. The highest BCUT2D eigenvalue weighted by atomic mass is 35.5. The Morgan fingerprint density at radius 1 is 1.50 bits per heavy atom. The Kier molecular flexibility index (Phi) is 4.20. The van der Waals surface area contributed by atoms with Crippen LogP contribution >= 0.6 is 11.6 Å². The van der Waals surface area contributed by atoms with Crippen LogP contribution < -0.4 is 9.64 Å². The highest BCUT2D eigenvalue weighted by Gasteiger charge is 2.22. The predicted octanol–water partition coefficient (Wildman–Crippen LogP) is 1.78. The molecule has 0 radical (unpaired) electrons. The molecule has 1 aromatic carbocycles. The number of ether oxygens (including phenoxy) is 1. The van der Waals surface area contributed by atoms with Crippen molar-refractivity contribution in [3.05, 3.63) is 23.8 Å². The normalized spacial score (nSPS) is 13.9. The van der Waals surface area contributed by atoms with Crippen molar-refractivity contribution in [3.63, 3.8) is 0 Å². The maximum atomic E-state index is 11.7. The Hall–Kier alpha value is -1.55. The lowest BCUT2D eigenvalue weighted by Gasteiger charge is -2.29. The number of anilines is 1. The minimum Gasteiger partial charge on any atom is -0.486 e. The summed E-state index contributed by atoms with van der Waals surface area (Å²) in [4.78, 5) is 23.7. The van der Waals surface area contributed by atoms with E-state index in [0.29, 0.717) is 18.6 Å². The molecular formula is C13H14ClNO3. The number of rotatable bonds is 4. The number of hydrogen-bond donors (Lipinski definition) is 0. The highest BCUT2D eigenvalue weighted by molar-refractivity contribution is 6.29. The Balaban J connectivity index is 2.24. The molecule has 1 amide bonds. The van der Waals surface area contributed by atoms with Gasteiger partial charge in [0.15, 0.2) is 6.29 Å². The van der Waals surface area contributed by atoms with Gasteiger partial charge in [-0.05, 0) is 36.6 Å². The Bertz CT molecular complexity index is 462. The third-order valence-corrected chi connectivity index (χ3v) is 3.13. The Morgan fingerprint density at radius 3 is 3.06 bits per heavy atom. The molecule has 0 unspecified atom stereocenters. The summed E-state index contributed by atoms with van der Waals surface area (Å²) in [5.74, 6) is 0.559. The van der Waals surface area contributed by atoms with Gasteiger partial charge in [-0.25, -0.2) is 0 Å². The van der Waals surface area contributed by atoms with Gasteiger partial charge in [-0.1, -0.05) is 0 Å². The van der Waals surface area contributed by atoms with Crippen molar-refractivity contribution in [2.75, 3.05) is 23.9 Å². The molecule has 1 aliphatic rings. The molecule has 0 bridgehead atoms. The summed E-state index contributed by atoms with van der Waals surface area (Å²) in [6.45, 7) is 0.746. The lowest BCUT2D eigenvalue weighted by atomic mass is 10.0. The number of aldehydes is 1. The number of fused-ring (bicyclic) bond motifs is 1. The molecule has 5 heteroatoms. The summed E-state index contributed by atoms with van der Waals surface area (Å²) in [5.41, 5.74) is 1.95. The SMILES string of the molecule is O=CCOc1ccc2c(c1)CCCN2C(=O)CCl. The number of nitrogens with zero attached hydrogens (tertiary/aromatic N) is 1. The van der Waals surface area contributed by atoms with E-state index in [4.69, 9.17) is 16.3 Å². The number of benzene rings is 1. The van der Waals surface area contributed by atoms with Crippen molar-refractivity contribution >= 4 is 29.5 Å². The van der Waals surface area contributed by atoms with E-state index < -0.39 is 0 Å². The number of carbonyl (C=O) groups is 2. The highest BCUT2D eigenvalue weighted by Crippen LogP contribution is 2.30. The van der Waals surface area contributed by atoms with E-state index in [1.165, 1.54) is 0 Å². The van der Waals surface area contributed by atoms with Gasteiger partial charge < -0.3 is 9.64 Å². The molecule has 18 heavy (non-hydrogen) atoms. The number of amides is 1. The van der Waals surface area contributed by atoms with Crippen LogP contribution in [0.3, 0.4) is 0 Å². The lowest BCUT2D eigenvalue weighted by molar-refractivity contribution is -0.116. The smallest absolute Gasteiger partial charge is 0.241 e. The van der Waals surface area contributed by atoms with Gasteiger partial charge in [0.05, 0.1) is 0 Å². The molecule has 0 saturated heterocycles. The van der Waals surface area contributed by atoms with Gasteiger partial charge in [-0.15, -0.1) is 11.6 Å². The summed E-state index contributed by atoms with van der Waals surface area (Å²) in [7, 11) is 0. The molecule has 1 aliphatic heterocycles. The van der Waals surface area contributed by atoms with E-state index >= 15 is 0 Å². The molecule has 4 nitrogen and oxygen atoms in total. The van der Waals surface area contributed by atoms with Crippen molar-refractivity contribution in [2.24, 2.45) is 0 Å². The summed E-state index contributed by atoms with van der Waals surface area (Å²) in [6, 6.07) is 5.49. The molecular weight excluding hydrogens is 254 g/mol. The first-order valence-electron chi connectivity index (χ1n) is 5.82. The second-order valence-electron chi connectivity index (χ2n) is 4.05. The van der Waals surface area contributed by atoms with Gasteiger partial charge in [0.1, 0.15) is 18.2 Å². The van der Waals surface area contributed by atoms with Crippen LogP contribution in [0.1, 0.15) is 12.0 Å². The van der Waals surface area contributed by atoms with Crippen LogP contribution in [0.4, 0.5) is 5.69 Å². The van der Waals surface area contributed by atoms with E-state index in [1.54, 1.807) is 11.0 Å². The zero-order chi connectivity index (χ0) is 13.0. The van der Waals surface area contributed by atoms with E-state index in [9.17, 15) is 9.59 Å². The van der Waals surface area contributed by atoms with Gasteiger partial charge in [0.2, 0.25) is 5.91 Å². The molecule has 0 N–H and O–H groups in total. The molecule has 0 aromatic heterocycles. The van der Waals surface area contributed by atoms with Gasteiger partial charge in [0.25, 0.3) is 0 Å². The fourth-order valence-corrected chi connectivity index (χ4v) is 2.27. The van der Waals surface area contributed by atoms with Crippen molar-refractivity contribution < 1.29 is 14.3 Å². The van der Waals surface area contributed by atoms with E-state index in [1.807, 2.05) is 12.1 Å². The molecule has 0 atom stereocenters. The molecule has 1 aromatic rings. The molecule has 0 saturated carbocycles. The standard InChI is InChI=1S/C13H14ClNO3/c14-9-13(17)15-5-1-2-10-8-11(18-7-6-16)3-4-12(10)15/h3-4,6,8H,1-2,5,7,9H2. The number of halogens is 1. The summed E-state index contributed by atoms with van der Waals surface area (Å²) in [6.07, 6.45) is 2.52. The fraction of sp³-hybridized carbons (Fsp3) is 0.385. The second-order valence-corrected chi connectivity index (χ2v) is 4.32. The minimum atomic E-state index is -0.0841. The average Bonchev–Trinajstić information content (AvgIpc) is 2.43. The molecule has 96 valence electrons. The van der Waals surface area contributed by atoms with Gasteiger partial charge in [-0.2, -0.15) is 0 Å². The maximum Gasteiger partial charge on any atom is 0.241 e. The first kappa shape index (κ1) is 12.9. The van der Waals surface area contributed by atoms with E-state index in [-0.39, 0.29) is 18.4 Å². The zero-order valence-electron chi connectivity index (χ0n) is 9.89. The molecule has 1 heterocycles. The van der Waals surface area contributed by atoms with Crippen molar-refractivity contribution in [1.29, 1.82) is 0 Å². The van der Waals surface area contributed by atoms with Crippen LogP contribution in [0.15, 0.2) is 18.2 Å². The predicted molar refractivity (Wildman–Crippen MR) is 69.4 cm³/mol. The molecule has 0 aliphatic carbocycles. The lowest BCUT2D eigenvalue weighted by Crippen LogP contribution is -2.36. The van der Waals surface area contributed by atoms with Gasteiger partial charge >= 0.3 is 0 Å². The number of alkyl halides is 1. The Morgan fingerprint density at radius 2 is 2.33 bits per heavy atom. The van der Waals surface area contributed by atoms with Gasteiger partial charge in [0, 0.05) is 12.2 Å². The molecule has 2 rings (SSSR count). The first-order valence-corrected chi connectivity index (χ1v) is 6.35. The third-order valence-electron chi connectivity index (χ3n) is 2.90. The molecule has 0 fully saturated rings. The van der Waals surface area contributed by atoms with Crippen LogP contribution in [0, 0.1) is 0 Å². The quantitative estimate of drug-likeness (QED) is 0.617. The topological polar surface area (TPSA) is 46.6 Å². The summed E-state index contributed by atoms with van der Waals surface area (Å²) in [5, 5.41) is 0. The number of carbonyl (C=O) groups excluding carboxylic acids is 2. The summed E-state index contributed by atoms with van der Waals surface area (Å²) < 4.78 is 5.25. The largest absolute Gasteiger partial charge is 0.486 e. The van der Waals surface area contributed by atoms with Crippen LogP contribution in [-0.2, 0) is 16.0 Å².